The first-order valence-electron chi connectivity index (χ1n) is 11.2. The molecule has 1 saturated heterocycles. The minimum Gasteiger partial charge on any atom is -0.338 e. The van der Waals surface area contributed by atoms with Crippen LogP contribution in [0.1, 0.15) is 60.0 Å². The number of hydrogen-bond donors (Lipinski definition) is 0. The Balaban J connectivity index is 1.31. The molecular weight excluding hydrogens is 372 g/mol. The molecule has 1 amide bonds. The molecule has 0 bridgehead atoms. The maximum absolute atomic E-state index is 13.2. The van der Waals surface area contributed by atoms with Crippen LogP contribution in [-0.2, 0) is 13.0 Å². The van der Waals surface area contributed by atoms with Crippen molar-refractivity contribution in [2.75, 3.05) is 13.1 Å². The van der Waals surface area contributed by atoms with Gasteiger partial charge in [0.1, 0.15) is 11.6 Å². The van der Waals surface area contributed by atoms with Crippen LogP contribution in [0.2, 0.25) is 0 Å². The van der Waals surface area contributed by atoms with Crippen LogP contribution in [0.4, 0.5) is 0 Å². The summed E-state index contributed by atoms with van der Waals surface area (Å²) in [6.45, 7) is 2.57. The molecule has 5 rings (SSSR count). The SMILES string of the molecule is O=C(c1ccc(-c2ccccc2)cc1)N1CCCC(c2nnc3n2CCCCC3)C1. The van der Waals surface area contributed by atoms with Gasteiger partial charge in [0.25, 0.3) is 5.91 Å². The Hall–Kier alpha value is -2.95. The molecule has 0 saturated carbocycles. The van der Waals surface area contributed by atoms with E-state index in [0.29, 0.717) is 0 Å². The van der Waals surface area contributed by atoms with Crippen molar-refractivity contribution in [2.45, 2.75) is 51.0 Å². The minimum atomic E-state index is 0.120. The average Bonchev–Trinajstić information content (AvgIpc) is 3.07. The smallest absolute Gasteiger partial charge is 0.253 e. The molecule has 2 aliphatic rings. The van der Waals surface area contributed by atoms with Crippen LogP contribution in [0, 0.1) is 0 Å². The van der Waals surface area contributed by atoms with Gasteiger partial charge in [0.15, 0.2) is 0 Å². The Bertz CT molecular complexity index is 1010. The molecule has 5 nitrogen and oxygen atoms in total. The first-order chi connectivity index (χ1) is 14.8. The van der Waals surface area contributed by atoms with Crippen LogP contribution in [0.5, 0.6) is 0 Å². The van der Waals surface area contributed by atoms with Crippen molar-refractivity contribution in [3.05, 3.63) is 71.8 Å². The normalized spacial score (nSPS) is 19.2. The lowest BCUT2D eigenvalue weighted by atomic mass is 9.96. The van der Waals surface area contributed by atoms with Crippen molar-refractivity contribution in [2.24, 2.45) is 0 Å². The molecule has 0 radical (unpaired) electrons. The zero-order chi connectivity index (χ0) is 20.3. The van der Waals surface area contributed by atoms with Gasteiger partial charge in [0.2, 0.25) is 0 Å². The first kappa shape index (κ1) is 19.0. The Morgan fingerprint density at radius 3 is 2.47 bits per heavy atom. The van der Waals surface area contributed by atoms with Crippen molar-refractivity contribution in [1.82, 2.24) is 19.7 Å². The van der Waals surface area contributed by atoms with E-state index in [1.165, 1.54) is 24.8 Å². The highest BCUT2D eigenvalue weighted by molar-refractivity contribution is 5.94. The Morgan fingerprint density at radius 2 is 1.63 bits per heavy atom. The highest BCUT2D eigenvalue weighted by Crippen LogP contribution is 2.29. The molecule has 1 atom stereocenters. The summed E-state index contributed by atoms with van der Waals surface area (Å²) in [6.07, 6.45) is 6.77. The number of benzene rings is 2. The number of carbonyl (C=O) groups is 1. The molecular formula is C25H28N4O. The third kappa shape index (κ3) is 3.76. The fourth-order valence-electron chi connectivity index (χ4n) is 4.80. The lowest BCUT2D eigenvalue weighted by molar-refractivity contribution is 0.0703. The molecule has 3 heterocycles. The van der Waals surface area contributed by atoms with E-state index < -0.39 is 0 Å². The highest BCUT2D eigenvalue weighted by atomic mass is 16.2. The predicted molar refractivity (Wildman–Crippen MR) is 117 cm³/mol. The molecule has 30 heavy (non-hydrogen) atoms. The van der Waals surface area contributed by atoms with Gasteiger partial charge in [-0.1, -0.05) is 48.9 Å². The second-order valence-corrected chi connectivity index (χ2v) is 8.47. The van der Waals surface area contributed by atoms with Crippen LogP contribution in [0.15, 0.2) is 54.6 Å². The van der Waals surface area contributed by atoms with Gasteiger partial charge < -0.3 is 9.47 Å². The fourth-order valence-corrected chi connectivity index (χ4v) is 4.80. The van der Waals surface area contributed by atoms with Gasteiger partial charge >= 0.3 is 0 Å². The summed E-state index contributed by atoms with van der Waals surface area (Å²) in [7, 11) is 0. The molecule has 0 spiro atoms. The molecule has 2 aromatic carbocycles. The third-order valence-electron chi connectivity index (χ3n) is 6.45. The van der Waals surface area contributed by atoms with E-state index >= 15 is 0 Å². The second kappa shape index (κ2) is 8.42. The van der Waals surface area contributed by atoms with Gasteiger partial charge in [-0.25, -0.2) is 0 Å². The minimum absolute atomic E-state index is 0.120. The summed E-state index contributed by atoms with van der Waals surface area (Å²) in [5, 5.41) is 9.02. The topological polar surface area (TPSA) is 51.0 Å². The standard InChI is InChI=1S/C25H28N4O/c30-25(21-14-12-20(13-15-21)19-8-3-1-4-9-19)28-16-7-10-22(18-28)24-27-26-23-11-5-2-6-17-29(23)24/h1,3-4,8-9,12-15,22H,2,5-7,10-11,16-18H2. The van der Waals surface area contributed by atoms with Gasteiger partial charge in [0.05, 0.1) is 0 Å². The van der Waals surface area contributed by atoms with E-state index in [-0.39, 0.29) is 11.8 Å². The zero-order valence-corrected chi connectivity index (χ0v) is 17.3. The maximum atomic E-state index is 13.2. The van der Waals surface area contributed by atoms with Crippen LogP contribution >= 0.6 is 0 Å². The zero-order valence-electron chi connectivity index (χ0n) is 17.3. The molecule has 1 unspecified atom stereocenters. The van der Waals surface area contributed by atoms with Gasteiger partial charge in [-0.3, -0.25) is 4.79 Å². The monoisotopic (exact) mass is 400 g/mol. The van der Waals surface area contributed by atoms with E-state index in [1.807, 2.05) is 47.4 Å². The molecule has 3 aromatic rings. The summed E-state index contributed by atoms with van der Waals surface area (Å²) < 4.78 is 2.33. The van der Waals surface area contributed by atoms with Crippen LogP contribution < -0.4 is 0 Å². The van der Waals surface area contributed by atoms with Crippen molar-refractivity contribution in [3.63, 3.8) is 0 Å². The third-order valence-corrected chi connectivity index (χ3v) is 6.45. The van der Waals surface area contributed by atoms with Gasteiger partial charge in [-0.05, 0) is 48.9 Å². The summed E-state index contributed by atoms with van der Waals surface area (Å²) in [6, 6.07) is 18.3. The summed E-state index contributed by atoms with van der Waals surface area (Å²) >= 11 is 0. The molecule has 1 aromatic heterocycles. The summed E-state index contributed by atoms with van der Waals surface area (Å²) in [4.78, 5) is 15.2. The van der Waals surface area contributed by atoms with E-state index in [2.05, 4.69) is 26.9 Å². The summed E-state index contributed by atoms with van der Waals surface area (Å²) in [5.74, 6) is 2.62. The maximum Gasteiger partial charge on any atom is 0.253 e. The number of rotatable bonds is 3. The number of amides is 1. The van der Waals surface area contributed by atoms with E-state index in [9.17, 15) is 4.79 Å². The lowest BCUT2D eigenvalue weighted by Gasteiger charge is -2.32. The molecule has 5 heteroatoms. The van der Waals surface area contributed by atoms with Gasteiger partial charge in [-0.15, -0.1) is 10.2 Å². The largest absolute Gasteiger partial charge is 0.338 e. The number of aryl methyl sites for hydroxylation is 1. The quantitative estimate of drug-likeness (QED) is 0.641. The van der Waals surface area contributed by atoms with Gasteiger partial charge in [0, 0.05) is 37.5 Å². The summed E-state index contributed by atoms with van der Waals surface area (Å²) in [5.41, 5.74) is 3.06. The molecule has 0 N–H and O–H groups in total. The Kier molecular flexibility index (Phi) is 5.35. The lowest BCUT2D eigenvalue weighted by Crippen LogP contribution is -2.39. The number of hydrogen-bond acceptors (Lipinski definition) is 3. The van der Waals surface area contributed by atoms with Crippen LogP contribution in [0.25, 0.3) is 11.1 Å². The number of carbonyl (C=O) groups excluding carboxylic acids is 1. The number of likely N-dealkylation sites (tertiary alicyclic amines) is 1. The molecule has 0 aliphatic carbocycles. The predicted octanol–water partition coefficient (Wildman–Crippen LogP) is 4.69. The van der Waals surface area contributed by atoms with E-state index in [0.717, 1.165) is 61.7 Å². The highest BCUT2D eigenvalue weighted by Gasteiger charge is 2.29. The van der Waals surface area contributed by atoms with E-state index in [4.69, 9.17) is 0 Å². The number of nitrogens with zero attached hydrogens (tertiary/aromatic N) is 4. The second-order valence-electron chi connectivity index (χ2n) is 8.47. The molecule has 1 fully saturated rings. The number of fused-ring (bicyclic) bond motifs is 1. The van der Waals surface area contributed by atoms with Crippen molar-refractivity contribution in [1.29, 1.82) is 0 Å². The van der Waals surface area contributed by atoms with Gasteiger partial charge in [-0.2, -0.15) is 0 Å². The van der Waals surface area contributed by atoms with Crippen molar-refractivity contribution in [3.8, 4) is 11.1 Å². The molecule has 154 valence electrons. The van der Waals surface area contributed by atoms with Crippen LogP contribution in [0.3, 0.4) is 0 Å². The number of piperidine rings is 1. The molecule has 2 aliphatic heterocycles. The Morgan fingerprint density at radius 1 is 0.833 bits per heavy atom. The Labute approximate surface area is 177 Å². The van der Waals surface area contributed by atoms with Crippen molar-refractivity contribution < 1.29 is 4.79 Å². The first-order valence-corrected chi connectivity index (χ1v) is 11.2. The average molecular weight is 401 g/mol. The van der Waals surface area contributed by atoms with Crippen LogP contribution in [-0.4, -0.2) is 38.7 Å². The fraction of sp³-hybridized carbons (Fsp3) is 0.400. The van der Waals surface area contributed by atoms with Crippen molar-refractivity contribution >= 4 is 5.91 Å². The van der Waals surface area contributed by atoms with E-state index in [1.54, 1.807) is 0 Å². The number of aromatic nitrogens is 3.